The normalized spacial score (nSPS) is 11.0. The monoisotopic (exact) mass is 268 g/mol. The van der Waals surface area contributed by atoms with E-state index in [4.69, 9.17) is 10.8 Å². The Labute approximate surface area is 114 Å². The Kier molecular flexibility index (Phi) is 6.52. The molecule has 1 amide bonds. The molecule has 0 aromatic carbocycles. The Morgan fingerprint density at radius 1 is 1.53 bits per heavy atom. The third kappa shape index (κ3) is 4.04. The molecule has 0 saturated heterocycles. The first-order valence-corrected chi connectivity index (χ1v) is 6.81. The molecule has 6 heteroatoms. The van der Waals surface area contributed by atoms with E-state index in [-0.39, 0.29) is 18.6 Å². The zero-order valence-corrected chi connectivity index (χ0v) is 11.7. The van der Waals surface area contributed by atoms with Crippen molar-refractivity contribution in [2.75, 3.05) is 19.7 Å². The molecule has 0 bridgehead atoms. The van der Waals surface area contributed by atoms with Gasteiger partial charge in [-0.2, -0.15) is 0 Å². The first kappa shape index (κ1) is 15.7. The molecule has 1 heterocycles. The second-order valence-corrected chi connectivity index (χ2v) is 4.48. The minimum Gasteiger partial charge on any atom is -0.395 e. The van der Waals surface area contributed by atoms with Crippen molar-refractivity contribution in [2.24, 2.45) is 5.73 Å². The van der Waals surface area contributed by atoms with Gasteiger partial charge in [0.25, 0.3) is 5.91 Å². The predicted octanol–water partition coefficient (Wildman–Crippen LogP) is 0.465. The van der Waals surface area contributed by atoms with Gasteiger partial charge in [0.2, 0.25) is 0 Å². The summed E-state index contributed by atoms with van der Waals surface area (Å²) in [6, 6.07) is 0.138. The maximum absolute atomic E-state index is 12.4. The largest absolute Gasteiger partial charge is 0.395 e. The number of imidazole rings is 1. The molecular formula is C13H24N4O2. The lowest BCUT2D eigenvalue weighted by Gasteiger charge is -2.29. The van der Waals surface area contributed by atoms with Crippen LogP contribution in [0.5, 0.6) is 0 Å². The number of amides is 1. The second kappa shape index (κ2) is 7.91. The molecule has 6 nitrogen and oxygen atoms in total. The maximum atomic E-state index is 12.4. The lowest BCUT2D eigenvalue weighted by atomic mass is 10.1. The van der Waals surface area contributed by atoms with Gasteiger partial charge in [0.05, 0.1) is 12.9 Å². The van der Waals surface area contributed by atoms with Crippen molar-refractivity contribution in [3.63, 3.8) is 0 Å². The Morgan fingerprint density at radius 3 is 2.74 bits per heavy atom. The number of aromatic nitrogens is 2. The van der Waals surface area contributed by atoms with Gasteiger partial charge in [-0.05, 0) is 12.8 Å². The maximum Gasteiger partial charge on any atom is 0.274 e. The van der Waals surface area contributed by atoms with Crippen molar-refractivity contribution in [2.45, 2.75) is 39.3 Å². The molecule has 1 rings (SSSR count). The molecule has 0 aliphatic heterocycles. The van der Waals surface area contributed by atoms with Crippen molar-refractivity contribution in [1.29, 1.82) is 0 Å². The zero-order valence-electron chi connectivity index (χ0n) is 11.7. The number of carbonyl (C=O) groups is 1. The van der Waals surface area contributed by atoms with Crippen LogP contribution in [0.25, 0.3) is 0 Å². The summed E-state index contributed by atoms with van der Waals surface area (Å²) < 4.78 is 1.80. The summed E-state index contributed by atoms with van der Waals surface area (Å²) >= 11 is 0. The highest BCUT2D eigenvalue weighted by molar-refractivity contribution is 5.92. The summed E-state index contributed by atoms with van der Waals surface area (Å²) in [6.45, 7) is 5.54. The Balaban J connectivity index is 2.85. The minimum atomic E-state index is -0.126. The standard InChI is InChI=1S/C13H24N4O2/c1-3-11(4-2)17(7-8-18)13(19)12-9-16(6-5-14)10-15-12/h9-11,18H,3-8,14H2,1-2H3. The highest BCUT2D eigenvalue weighted by Crippen LogP contribution is 2.12. The highest BCUT2D eigenvalue weighted by atomic mass is 16.3. The SMILES string of the molecule is CCC(CC)N(CCO)C(=O)c1cn(CCN)cn1. The fourth-order valence-electron chi connectivity index (χ4n) is 2.18. The molecule has 0 atom stereocenters. The fraction of sp³-hybridized carbons (Fsp3) is 0.692. The molecule has 0 unspecified atom stereocenters. The third-order valence-corrected chi connectivity index (χ3v) is 3.22. The molecule has 0 spiro atoms. The van der Waals surface area contributed by atoms with Crippen LogP contribution in [0, 0.1) is 0 Å². The van der Waals surface area contributed by atoms with Gasteiger partial charge in [0.15, 0.2) is 0 Å². The molecule has 108 valence electrons. The highest BCUT2D eigenvalue weighted by Gasteiger charge is 2.23. The Morgan fingerprint density at radius 2 is 2.21 bits per heavy atom. The quantitative estimate of drug-likeness (QED) is 0.717. The second-order valence-electron chi connectivity index (χ2n) is 4.48. The number of nitrogens with two attached hydrogens (primary N) is 1. The molecule has 0 radical (unpaired) electrons. The molecular weight excluding hydrogens is 244 g/mol. The molecule has 0 saturated carbocycles. The first-order chi connectivity index (χ1) is 9.17. The molecule has 1 aromatic rings. The van der Waals surface area contributed by atoms with E-state index in [9.17, 15) is 4.79 Å². The fourth-order valence-corrected chi connectivity index (χ4v) is 2.18. The van der Waals surface area contributed by atoms with Crippen LogP contribution in [-0.4, -0.2) is 51.2 Å². The van der Waals surface area contributed by atoms with Gasteiger partial charge in [-0.1, -0.05) is 13.8 Å². The van der Waals surface area contributed by atoms with Gasteiger partial charge in [0.1, 0.15) is 5.69 Å². The topological polar surface area (TPSA) is 84.4 Å². The van der Waals surface area contributed by atoms with Gasteiger partial charge in [-0.25, -0.2) is 4.98 Å². The van der Waals surface area contributed by atoms with Gasteiger partial charge < -0.3 is 20.3 Å². The van der Waals surface area contributed by atoms with Crippen molar-refractivity contribution in [1.82, 2.24) is 14.5 Å². The smallest absolute Gasteiger partial charge is 0.274 e. The van der Waals surface area contributed by atoms with Gasteiger partial charge in [-0.3, -0.25) is 4.79 Å². The van der Waals surface area contributed by atoms with Crippen LogP contribution >= 0.6 is 0 Å². The molecule has 3 N–H and O–H groups in total. The van der Waals surface area contributed by atoms with E-state index in [1.54, 1.807) is 22.0 Å². The van der Waals surface area contributed by atoms with Crippen molar-refractivity contribution in [3.05, 3.63) is 18.2 Å². The number of aliphatic hydroxyl groups excluding tert-OH is 1. The molecule has 19 heavy (non-hydrogen) atoms. The van der Waals surface area contributed by atoms with E-state index in [0.29, 0.717) is 25.3 Å². The molecule has 0 fully saturated rings. The first-order valence-electron chi connectivity index (χ1n) is 6.81. The van der Waals surface area contributed by atoms with Crippen LogP contribution in [0.4, 0.5) is 0 Å². The summed E-state index contributed by atoms with van der Waals surface area (Å²) in [5, 5.41) is 9.13. The van der Waals surface area contributed by atoms with Crippen molar-refractivity contribution < 1.29 is 9.90 Å². The zero-order chi connectivity index (χ0) is 14.3. The summed E-state index contributed by atoms with van der Waals surface area (Å²) in [6.07, 6.45) is 5.06. The van der Waals surface area contributed by atoms with E-state index < -0.39 is 0 Å². The van der Waals surface area contributed by atoms with E-state index in [1.807, 2.05) is 13.8 Å². The number of nitrogens with zero attached hydrogens (tertiary/aromatic N) is 3. The minimum absolute atomic E-state index is 0.0360. The van der Waals surface area contributed by atoms with Crippen LogP contribution in [0.2, 0.25) is 0 Å². The summed E-state index contributed by atoms with van der Waals surface area (Å²) in [5.41, 5.74) is 5.88. The van der Waals surface area contributed by atoms with E-state index in [1.165, 1.54) is 0 Å². The van der Waals surface area contributed by atoms with Crippen molar-refractivity contribution in [3.8, 4) is 0 Å². The van der Waals surface area contributed by atoms with E-state index >= 15 is 0 Å². The lowest BCUT2D eigenvalue weighted by molar-refractivity contribution is 0.0617. The van der Waals surface area contributed by atoms with Gasteiger partial charge >= 0.3 is 0 Å². The summed E-state index contributed by atoms with van der Waals surface area (Å²) in [7, 11) is 0. The van der Waals surface area contributed by atoms with Gasteiger partial charge in [-0.15, -0.1) is 0 Å². The summed E-state index contributed by atoms with van der Waals surface area (Å²) in [4.78, 5) is 18.2. The van der Waals surface area contributed by atoms with E-state index in [0.717, 1.165) is 12.8 Å². The van der Waals surface area contributed by atoms with Crippen LogP contribution in [0.3, 0.4) is 0 Å². The van der Waals surface area contributed by atoms with Crippen LogP contribution in [0.15, 0.2) is 12.5 Å². The lowest BCUT2D eigenvalue weighted by Crippen LogP contribution is -2.41. The van der Waals surface area contributed by atoms with Crippen molar-refractivity contribution >= 4 is 5.91 Å². The molecule has 0 aliphatic rings. The number of hydrogen-bond donors (Lipinski definition) is 2. The summed E-state index contributed by atoms with van der Waals surface area (Å²) in [5.74, 6) is -0.126. The van der Waals surface area contributed by atoms with Crippen LogP contribution in [-0.2, 0) is 6.54 Å². The van der Waals surface area contributed by atoms with Crippen LogP contribution < -0.4 is 5.73 Å². The molecule has 1 aromatic heterocycles. The van der Waals surface area contributed by atoms with E-state index in [2.05, 4.69) is 4.98 Å². The Bertz CT molecular complexity index is 388. The molecule has 0 aliphatic carbocycles. The average molecular weight is 268 g/mol. The number of hydrogen-bond acceptors (Lipinski definition) is 4. The number of aliphatic hydroxyl groups is 1. The number of rotatable bonds is 8. The van der Waals surface area contributed by atoms with Crippen LogP contribution in [0.1, 0.15) is 37.2 Å². The average Bonchev–Trinajstić information content (AvgIpc) is 2.87. The predicted molar refractivity (Wildman–Crippen MR) is 73.8 cm³/mol. The van der Waals surface area contributed by atoms with Gasteiger partial charge in [0, 0.05) is 31.9 Å². The number of carbonyl (C=O) groups excluding carboxylic acids is 1. The third-order valence-electron chi connectivity index (χ3n) is 3.22. The Hall–Kier alpha value is -1.40.